The van der Waals surface area contributed by atoms with Gasteiger partial charge in [0, 0.05) is 19.3 Å². The number of primary amides is 1. The number of hydrogen-bond donors (Lipinski definition) is 1. The van der Waals surface area contributed by atoms with Crippen LogP contribution in [-0.4, -0.2) is 40.3 Å². The highest BCUT2D eigenvalue weighted by Gasteiger charge is 2.18. The van der Waals surface area contributed by atoms with Crippen molar-refractivity contribution < 1.29 is 9.59 Å². The van der Waals surface area contributed by atoms with Crippen molar-refractivity contribution >= 4 is 11.7 Å². The van der Waals surface area contributed by atoms with E-state index in [0.29, 0.717) is 5.69 Å². The molecular weight excluding hydrogens is 218 g/mol. The van der Waals surface area contributed by atoms with Crippen LogP contribution in [0.5, 0.6) is 0 Å². The van der Waals surface area contributed by atoms with Gasteiger partial charge in [0.25, 0.3) is 0 Å². The molecule has 1 aromatic heterocycles. The zero-order chi connectivity index (χ0) is 13.0. The second kappa shape index (κ2) is 5.63. The minimum absolute atomic E-state index is 0.00699. The Morgan fingerprint density at radius 2 is 2.06 bits per heavy atom. The van der Waals surface area contributed by atoms with Crippen molar-refractivity contribution in [1.29, 1.82) is 0 Å². The highest BCUT2D eigenvalue weighted by molar-refractivity contribution is 5.96. The SMILES string of the molecule is CC(C)N(CC(N)=O)CC(=O)c1cccn1C. The molecule has 1 amide bonds. The van der Waals surface area contributed by atoms with Crippen molar-refractivity contribution in [3.05, 3.63) is 24.0 Å². The summed E-state index contributed by atoms with van der Waals surface area (Å²) in [5.41, 5.74) is 5.80. The van der Waals surface area contributed by atoms with Crippen molar-refractivity contribution in [3.63, 3.8) is 0 Å². The van der Waals surface area contributed by atoms with Crippen LogP contribution in [0.1, 0.15) is 24.3 Å². The van der Waals surface area contributed by atoms with Crippen LogP contribution in [0.3, 0.4) is 0 Å². The molecule has 5 heteroatoms. The Labute approximate surface area is 101 Å². The number of hydrogen-bond acceptors (Lipinski definition) is 3. The highest BCUT2D eigenvalue weighted by Crippen LogP contribution is 2.05. The molecular formula is C12H19N3O2. The first-order valence-corrected chi connectivity index (χ1v) is 5.58. The predicted molar refractivity (Wildman–Crippen MR) is 65.6 cm³/mol. The van der Waals surface area contributed by atoms with E-state index in [4.69, 9.17) is 5.73 Å². The van der Waals surface area contributed by atoms with Gasteiger partial charge in [0.15, 0.2) is 5.78 Å². The van der Waals surface area contributed by atoms with Crippen LogP contribution < -0.4 is 5.73 Å². The number of Topliss-reactive ketones (excluding diaryl/α,β-unsaturated/α-hetero) is 1. The van der Waals surface area contributed by atoms with Crippen molar-refractivity contribution in [2.75, 3.05) is 13.1 Å². The van der Waals surface area contributed by atoms with E-state index in [0.717, 1.165) is 0 Å². The van der Waals surface area contributed by atoms with E-state index >= 15 is 0 Å². The Balaban J connectivity index is 2.71. The van der Waals surface area contributed by atoms with E-state index in [2.05, 4.69) is 0 Å². The van der Waals surface area contributed by atoms with E-state index in [-0.39, 0.29) is 24.9 Å². The lowest BCUT2D eigenvalue weighted by Gasteiger charge is -2.24. The summed E-state index contributed by atoms with van der Waals surface area (Å²) in [6.45, 7) is 4.18. The van der Waals surface area contributed by atoms with Crippen molar-refractivity contribution in [3.8, 4) is 0 Å². The first kappa shape index (κ1) is 13.4. The van der Waals surface area contributed by atoms with E-state index in [1.165, 1.54) is 0 Å². The molecule has 0 bridgehead atoms. The zero-order valence-corrected chi connectivity index (χ0v) is 10.5. The minimum Gasteiger partial charge on any atom is -0.369 e. The molecule has 2 N–H and O–H groups in total. The van der Waals surface area contributed by atoms with Gasteiger partial charge in [-0.1, -0.05) is 0 Å². The van der Waals surface area contributed by atoms with Gasteiger partial charge in [0.2, 0.25) is 5.91 Å². The Morgan fingerprint density at radius 1 is 1.41 bits per heavy atom. The number of aryl methyl sites for hydroxylation is 1. The third-order valence-corrected chi connectivity index (χ3v) is 2.67. The zero-order valence-electron chi connectivity index (χ0n) is 10.5. The molecule has 0 fully saturated rings. The van der Waals surface area contributed by atoms with E-state index in [1.54, 1.807) is 15.5 Å². The summed E-state index contributed by atoms with van der Waals surface area (Å²) in [5.74, 6) is -0.425. The molecule has 0 unspecified atom stereocenters. The maximum Gasteiger partial charge on any atom is 0.231 e. The number of carbonyl (C=O) groups is 2. The maximum absolute atomic E-state index is 12.0. The lowest BCUT2D eigenvalue weighted by molar-refractivity contribution is -0.119. The summed E-state index contributed by atoms with van der Waals surface area (Å²) >= 11 is 0. The molecule has 0 aliphatic carbocycles. The van der Waals surface area contributed by atoms with Crippen LogP contribution in [0.25, 0.3) is 0 Å². The summed E-state index contributed by atoms with van der Waals surface area (Å²) < 4.78 is 1.77. The van der Waals surface area contributed by atoms with Crippen LogP contribution in [0.2, 0.25) is 0 Å². The molecule has 0 aromatic carbocycles. The fourth-order valence-corrected chi connectivity index (χ4v) is 1.64. The Hall–Kier alpha value is -1.62. The molecule has 0 aliphatic rings. The van der Waals surface area contributed by atoms with Crippen molar-refractivity contribution in [2.24, 2.45) is 12.8 Å². The minimum atomic E-state index is -0.418. The fourth-order valence-electron chi connectivity index (χ4n) is 1.64. The summed E-state index contributed by atoms with van der Waals surface area (Å²) in [6, 6.07) is 3.69. The molecule has 5 nitrogen and oxygen atoms in total. The number of aromatic nitrogens is 1. The summed E-state index contributed by atoms with van der Waals surface area (Å²) in [6.07, 6.45) is 1.82. The first-order chi connectivity index (χ1) is 7.91. The van der Waals surface area contributed by atoms with Crippen LogP contribution in [-0.2, 0) is 11.8 Å². The van der Waals surface area contributed by atoms with E-state index in [9.17, 15) is 9.59 Å². The van der Waals surface area contributed by atoms with Gasteiger partial charge in [-0.25, -0.2) is 0 Å². The van der Waals surface area contributed by atoms with Gasteiger partial charge >= 0.3 is 0 Å². The topological polar surface area (TPSA) is 68.3 Å². The molecule has 1 heterocycles. The third-order valence-electron chi connectivity index (χ3n) is 2.67. The molecule has 0 spiro atoms. The fraction of sp³-hybridized carbons (Fsp3) is 0.500. The number of rotatable bonds is 6. The average Bonchev–Trinajstić information content (AvgIpc) is 2.62. The summed E-state index contributed by atoms with van der Waals surface area (Å²) in [5, 5.41) is 0. The Bertz CT molecular complexity index is 410. The number of carbonyl (C=O) groups excluding carboxylic acids is 2. The van der Waals surface area contributed by atoms with Gasteiger partial charge in [0.1, 0.15) is 0 Å². The van der Waals surface area contributed by atoms with E-state index < -0.39 is 5.91 Å². The normalized spacial score (nSPS) is 11.1. The number of amides is 1. The van der Waals surface area contributed by atoms with Gasteiger partial charge in [-0.2, -0.15) is 0 Å². The lowest BCUT2D eigenvalue weighted by atomic mass is 10.2. The smallest absolute Gasteiger partial charge is 0.231 e. The van der Waals surface area contributed by atoms with Crippen LogP contribution in [0.4, 0.5) is 0 Å². The molecule has 0 saturated heterocycles. The molecule has 1 aromatic rings. The average molecular weight is 237 g/mol. The van der Waals surface area contributed by atoms with Gasteiger partial charge in [-0.05, 0) is 26.0 Å². The largest absolute Gasteiger partial charge is 0.369 e. The van der Waals surface area contributed by atoms with Gasteiger partial charge in [-0.15, -0.1) is 0 Å². The number of nitrogens with zero attached hydrogens (tertiary/aromatic N) is 2. The number of nitrogens with two attached hydrogens (primary N) is 1. The molecule has 0 atom stereocenters. The monoisotopic (exact) mass is 237 g/mol. The van der Waals surface area contributed by atoms with Gasteiger partial charge in [-0.3, -0.25) is 14.5 Å². The second-order valence-electron chi connectivity index (χ2n) is 4.39. The highest BCUT2D eigenvalue weighted by atomic mass is 16.1. The number of ketones is 1. The van der Waals surface area contributed by atoms with Crippen LogP contribution in [0.15, 0.2) is 18.3 Å². The Morgan fingerprint density at radius 3 is 2.47 bits per heavy atom. The molecule has 0 aliphatic heterocycles. The second-order valence-corrected chi connectivity index (χ2v) is 4.39. The molecule has 94 valence electrons. The van der Waals surface area contributed by atoms with E-state index in [1.807, 2.05) is 33.2 Å². The van der Waals surface area contributed by atoms with Crippen LogP contribution in [0, 0.1) is 0 Å². The molecule has 0 saturated carbocycles. The van der Waals surface area contributed by atoms with Gasteiger partial charge in [0.05, 0.1) is 18.8 Å². The molecule has 0 radical (unpaired) electrons. The third kappa shape index (κ3) is 3.71. The lowest BCUT2D eigenvalue weighted by Crippen LogP contribution is -2.41. The van der Waals surface area contributed by atoms with Crippen molar-refractivity contribution in [1.82, 2.24) is 9.47 Å². The van der Waals surface area contributed by atoms with Gasteiger partial charge < -0.3 is 10.3 Å². The predicted octanol–water partition coefficient (Wildman–Crippen LogP) is 0.403. The van der Waals surface area contributed by atoms with Crippen molar-refractivity contribution in [2.45, 2.75) is 19.9 Å². The Kier molecular flexibility index (Phi) is 4.45. The molecule has 1 rings (SSSR count). The maximum atomic E-state index is 12.0. The molecule has 17 heavy (non-hydrogen) atoms. The summed E-state index contributed by atoms with van der Waals surface area (Å²) in [4.78, 5) is 24.7. The quantitative estimate of drug-likeness (QED) is 0.728. The summed E-state index contributed by atoms with van der Waals surface area (Å²) in [7, 11) is 1.82. The first-order valence-electron chi connectivity index (χ1n) is 5.58. The standard InChI is InChI=1S/C12H19N3O2/c1-9(2)15(8-12(13)17)7-11(16)10-5-4-6-14(10)3/h4-6,9H,7-8H2,1-3H3,(H2,13,17). The van der Waals surface area contributed by atoms with Crippen LogP contribution >= 0.6 is 0 Å².